The van der Waals surface area contributed by atoms with Crippen LogP contribution in [0.5, 0.6) is 0 Å². The smallest absolute Gasteiger partial charge is 0.148 e. The summed E-state index contributed by atoms with van der Waals surface area (Å²) in [5, 5.41) is 0. The average Bonchev–Trinajstić information content (AvgIpc) is 2.17. The van der Waals surface area contributed by atoms with Crippen molar-refractivity contribution in [3.05, 3.63) is 12.2 Å². The van der Waals surface area contributed by atoms with Gasteiger partial charge in [0.25, 0.3) is 0 Å². The summed E-state index contributed by atoms with van der Waals surface area (Å²) in [5.41, 5.74) is 0. The molecule has 0 aromatic heterocycles. The molecule has 0 saturated carbocycles. The number of hydrogen-bond acceptors (Lipinski definition) is 6. The molecule has 0 atom stereocenters. The highest BCUT2D eigenvalue weighted by Gasteiger charge is 2.01. The molecule has 0 aromatic rings. The zero-order valence-corrected chi connectivity index (χ0v) is 13.9. The molecule has 0 unspecified atom stereocenters. The van der Waals surface area contributed by atoms with Gasteiger partial charge < -0.3 is 0 Å². The van der Waals surface area contributed by atoms with Gasteiger partial charge in [0.2, 0.25) is 0 Å². The Morgan fingerprint density at radius 3 is 1.39 bits per heavy atom. The second-order valence-electron chi connectivity index (χ2n) is 3.88. The maximum Gasteiger partial charge on any atom is 0.148 e. The topological polar surface area (TPSA) is 68.3 Å². The van der Waals surface area contributed by atoms with E-state index in [1.807, 2.05) is 12.2 Å². The van der Waals surface area contributed by atoms with Crippen molar-refractivity contribution in [3.8, 4) is 0 Å². The van der Waals surface area contributed by atoms with Crippen molar-refractivity contribution in [2.45, 2.75) is 0 Å². The van der Waals surface area contributed by atoms with E-state index < -0.39 is 19.7 Å². The molecule has 0 aliphatic rings. The first-order chi connectivity index (χ1) is 8.21. The van der Waals surface area contributed by atoms with Gasteiger partial charge in [-0.3, -0.25) is 0 Å². The molecule has 0 heterocycles. The summed E-state index contributed by atoms with van der Waals surface area (Å²) in [7, 11) is -5.70. The van der Waals surface area contributed by atoms with Crippen LogP contribution in [0.25, 0.3) is 0 Å². The van der Waals surface area contributed by atoms with Crippen molar-refractivity contribution in [1.29, 1.82) is 0 Å². The van der Waals surface area contributed by atoms with Crippen LogP contribution in [0.4, 0.5) is 0 Å². The average molecular weight is 333 g/mol. The van der Waals surface area contributed by atoms with Crippen LogP contribution in [0.3, 0.4) is 0 Å². The van der Waals surface area contributed by atoms with E-state index in [-0.39, 0.29) is 11.5 Å². The van der Waals surface area contributed by atoms with Gasteiger partial charge in [0.15, 0.2) is 0 Å². The van der Waals surface area contributed by atoms with E-state index in [0.717, 1.165) is 11.5 Å². The quantitative estimate of drug-likeness (QED) is 0.441. The lowest BCUT2D eigenvalue weighted by molar-refractivity contribution is 0.601. The van der Waals surface area contributed by atoms with E-state index in [1.165, 1.54) is 12.5 Å². The SMILES string of the molecule is CS(=O)(=O)CCSC/C=C\CSCCS(C)(=O)=O. The molecule has 0 aliphatic heterocycles. The summed E-state index contributed by atoms with van der Waals surface area (Å²) in [6.07, 6.45) is 6.45. The van der Waals surface area contributed by atoms with Crippen molar-refractivity contribution in [3.63, 3.8) is 0 Å². The third-order valence-electron chi connectivity index (χ3n) is 1.79. The highest BCUT2D eigenvalue weighted by atomic mass is 32.2. The number of thioether (sulfide) groups is 2. The maximum absolute atomic E-state index is 10.8. The first-order valence-electron chi connectivity index (χ1n) is 5.37. The zero-order chi connectivity index (χ0) is 14.1. The molecule has 18 heavy (non-hydrogen) atoms. The molecule has 4 nitrogen and oxygen atoms in total. The van der Waals surface area contributed by atoms with E-state index in [4.69, 9.17) is 0 Å². The summed E-state index contributed by atoms with van der Waals surface area (Å²) in [6.45, 7) is 0. The lowest BCUT2D eigenvalue weighted by Crippen LogP contribution is -2.05. The Hall–Kier alpha value is 0.340. The van der Waals surface area contributed by atoms with Gasteiger partial charge >= 0.3 is 0 Å². The molecule has 0 N–H and O–H groups in total. The van der Waals surface area contributed by atoms with Crippen LogP contribution in [-0.2, 0) is 19.7 Å². The minimum atomic E-state index is -2.85. The van der Waals surface area contributed by atoms with Gasteiger partial charge in [-0.05, 0) is 0 Å². The second-order valence-corrected chi connectivity index (χ2v) is 10.7. The normalized spacial score (nSPS) is 13.2. The van der Waals surface area contributed by atoms with E-state index in [2.05, 4.69) is 0 Å². The van der Waals surface area contributed by atoms with Crippen molar-refractivity contribution in [2.24, 2.45) is 0 Å². The Morgan fingerprint density at radius 1 is 0.778 bits per heavy atom. The summed E-state index contributed by atoms with van der Waals surface area (Å²) < 4.78 is 43.3. The third kappa shape index (κ3) is 16.3. The van der Waals surface area contributed by atoms with E-state index in [0.29, 0.717) is 11.5 Å². The Bertz CT molecular complexity index is 394. The number of rotatable bonds is 10. The molecule has 0 aliphatic carbocycles. The van der Waals surface area contributed by atoms with Gasteiger partial charge in [-0.25, -0.2) is 16.8 Å². The fraction of sp³-hybridized carbons (Fsp3) is 0.800. The Balaban J connectivity index is 3.40. The number of sulfone groups is 2. The molecule has 0 aromatic carbocycles. The monoisotopic (exact) mass is 332 g/mol. The molecule has 0 spiro atoms. The van der Waals surface area contributed by atoms with Crippen molar-refractivity contribution in [2.75, 3.05) is 47.0 Å². The molecule has 0 saturated heterocycles. The largest absolute Gasteiger partial charge is 0.229 e. The molecule has 0 fully saturated rings. The standard InChI is InChI=1S/C10H20O4S4/c1-17(11,12)9-7-15-5-3-4-6-16-8-10-18(2,13)14/h3-4H,5-10H2,1-2H3/b4-3-. The second kappa shape index (κ2) is 9.28. The van der Waals surface area contributed by atoms with Crippen LogP contribution < -0.4 is 0 Å². The maximum atomic E-state index is 10.8. The van der Waals surface area contributed by atoms with Crippen LogP contribution in [0.1, 0.15) is 0 Å². The molecule has 0 rings (SSSR count). The lowest BCUT2D eigenvalue weighted by atomic mass is 10.6. The van der Waals surface area contributed by atoms with Crippen molar-refractivity contribution in [1.82, 2.24) is 0 Å². The van der Waals surface area contributed by atoms with E-state index >= 15 is 0 Å². The predicted octanol–water partition coefficient (Wildman–Crippen LogP) is 1.10. The van der Waals surface area contributed by atoms with Gasteiger partial charge in [-0.15, -0.1) is 0 Å². The van der Waals surface area contributed by atoms with Gasteiger partial charge in [0, 0.05) is 35.5 Å². The fourth-order valence-electron chi connectivity index (χ4n) is 0.859. The van der Waals surface area contributed by atoms with E-state index in [1.54, 1.807) is 23.5 Å². The first kappa shape index (κ1) is 18.3. The Morgan fingerprint density at radius 2 is 1.11 bits per heavy atom. The van der Waals surface area contributed by atoms with E-state index in [9.17, 15) is 16.8 Å². The third-order valence-corrected chi connectivity index (χ3v) is 6.04. The zero-order valence-electron chi connectivity index (χ0n) is 10.7. The molecule has 0 amide bonds. The molecule has 0 bridgehead atoms. The van der Waals surface area contributed by atoms with Crippen LogP contribution in [0.2, 0.25) is 0 Å². The molecular formula is C10H20O4S4. The molecular weight excluding hydrogens is 312 g/mol. The highest BCUT2D eigenvalue weighted by Crippen LogP contribution is 2.04. The molecule has 108 valence electrons. The summed E-state index contributed by atoms with van der Waals surface area (Å²) >= 11 is 3.15. The molecule has 8 heteroatoms. The van der Waals surface area contributed by atoms with Crippen molar-refractivity contribution >= 4 is 43.2 Å². The minimum Gasteiger partial charge on any atom is -0.229 e. The summed E-state index contributed by atoms with van der Waals surface area (Å²) in [5.74, 6) is 3.25. The van der Waals surface area contributed by atoms with Gasteiger partial charge in [0.05, 0.1) is 11.5 Å². The Kier molecular flexibility index (Phi) is 9.45. The number of hydrogen-bond donors (Lipinski definition) is 0. The van der Waals surface area contributed by atoms with Crippen molar-refractivity contribution < 1.29 is 16.8 Å². The molecule has 0 radical (unpaired) electrons. The van der Waals surface area contributed by atoms with Gasteiger partial charge in [0.1, 0.15) is 19.7 Å². The van der Waals surface area contributed by atoms with Crippen LogP contribution in [-0.4, -0.2) is 63.9 Å². The summed E-state index contributed by atoms with van der Waals surface area (Å²) in [4.78, 5) is 0. The van der Waals surface area contributed by atoms with Crippen LogP contribution in [0.15, 0.2) is 12.2 Å². The Labute approximate surface area is 119 Å². The lowest BCUT2D eigenvalue weighted by Gasteiger charge is -1.97. The fourth-order valence-corrected chi connectivity index (χ4v) is 5.10. The first-order valence-corrected chi connectivity index (χ1v) is 11.8. The van der Waals surface area contributed by atoms with Gasteiger partial charge in [-0.1, -0.05) is 12.2 Å². The predicted molar refractivity (Wildman–Crippen MR) is 83.2 cm³/mol. The minimum absolute atomic E-state index is 0.217. The summed E-state index contributed by atoms with van der Waals surface area (Å²) in [6, 6.07) is 0. The van der Waals surface area contributed by atoms with Crippen LogP contribution >= 0.6 is 23.5 Å². The van der Waals surface area contributed by atoms with Crippen LogP contribution in [0, 0.1) is 0 Å². The van der Waals surface area contributed by atoms with Gasteiger partial charge in [-0.2, -0.15) is 23.5 Å². The highest BCUT2D eigenvalue weighted by molar-refractivity contribution is 8.01.